The molecule has 0 radical (unpaired) electrons. The quantitative estimate of drug-likeness (QED) is 0.849. The van der Waals surface area contributed by atoms with Crippen LogP contribution in [0.15, 0.2) is 24.3 Å². The summed E-state index contributed by atoms with van der Waals surface area (Å²) in [6, 6.07) is 8.00. The molecule has 0 saturated carbocycles. The average molecular weight is 320 g/mol. The van der Waals surface area contributed by atoms with E-state index in [-0.39, 0.29) is 18.6 Å². The number of ether oxygens (including phenoxy) is 2. The van der Waals surface area contributed by atoms with Crippen LogP contribution in [-0.4, -0.2) is 48.2 Å². The lowest BCUT2D eigenvalue weighted by molar-refractivity contribution is -0.144. The fraction of sp³-hybridized carbons (Fsp3) is 0.500. The minimum Gasteiger partial charge on any atom is -0.375 e. The molecule has 5 nitrogen and oxygen atoms in total. The molecule has 1 aliphatic heterocycles. The Labute approximate surface area is 133 Å². The van der Waals surface area contributed by atoms with Crippen molar-refractivity contribution in [3.05, 3.63) is 29.3 Å². The standard InChI is InChI=1S/C16H20N2O3S/c1-2-12-9-18(7-8-21-12)16(19)11-20-10-15-17-13-5-3-4-6-14(13)22-15/h3-6,12H,2,7-11H2,1H3/t12-/m1/s1. The zero-order valence-corrected chi connectivity index (χ0v) is 13.5. The van der Waals surface area contributed by atoms with Gasteiger partial charge in [-0.2, -0.15) is 0 Å². The van der Waals surface area contributed by atoms with Crippen LogP contribution in [0.25, 0.3) is 10.2 Å². The number of rotatable bonds is 5. The topological polar surface area (TPSA) is 51.7 Å². The minimum atomic E-state index is 0.0304. The van der Waals surface area contributed by atoms with Crippen molar-refractivity contribution in [2.24, 2.45) is 0 Å². The molecule has 2 heterocycles. The fourth-order valence-electron chi connectivity index (χ4n) is 2.49. The lowest BCUT2D eigenvalue weighted by Crippen LogP contribution is -2.46. The number of hydrogen-bond donors (Lipinski definition) is 0. The fourth-order valence-corrected chi connectivity index (χ4v) is 3.40. The number of hydrogen-bond acceptors (Lipinski definition) is 5. The Balaban J connectivity index is 1.49. The van der Waals surface area contributed by atoms with Crippen molar-refractivity contribution in [2.75, 3.05) is 26.3 Å². The van der Waals surface area contributed by atoms with Gasteiger partial charge in [0.2, 0.25) is 5.91 Å². The van der Waals surface area contributed by atoms with Crippen LogP contribution < -0.4 is 0 Å². The number of morpholine rings is 1. The highest BCUT2D eigenvalue weighted by atomic mass is 32.1. The molecule has 1 aliphatic rings. The van der Waals surface area contributed by atoms with E-state index in [1.54, 1.807) is 11.3 Å². The molecule has 3 rings (SSSR count). The van der Waals surface area contributed by atoms with Crippen molar-refractivity contribution in [3.63, 3.8) is 0 Å². The molecule has 118 valence electrons. The molecule has 2 aromatic rings. The van der Waals surface area contributed by atoms with Crippen LogP contribution >= 0.6 is 11.3 Å². The van der Waals surface area contributed by atoms with Gasteiger partial charge in [-0.25, -0.2) is 4.98 Å². The third-order valence-electron chi connectivity index (χ3n) is 3.74. The summed E-state index contributed by atoms with van der Waals surface area (Å²) in [4.78, 5) is 18.5. The number of aromatic nitrogens is 1. The monoisotopic (exact) mass is 320 g/mol. The van der Waals surface area contributed by atoms with Crippen LogP contribution in [-0.2, 0) is 20.9 Å². The van der Waals surface area contributed by atoms with Gasteiger partial charge in [-0.3, -0.25) is 4.79 Å². The maximum absolute atomic E-state index is 12.2. The third kappa shape index (κ3) is 3.63. The summed E-state index contributed by atoms with van der Waals surface area (Å²) in [7, 11) is 0. The summed E-state index contributed by atoms with van der Waals surface area (Å²) in [5.74, 6) is 0.0304. The van der Waals surface area contributed by atoms with Crippen molar-refractivity contribution in [1.82, 2.24) is 9.88 Å². The summed E-state index contributed by atoms with van der Waals surface area (Å²) in [5, 5.41) is 0.905. The van der Waals surface area contributed by atoms with Crippen LogP contribution in [0.5, 0.6) is 0 Å². The molecule has 0 spiro atoms. The molecular weight excluding hydrogens is 300 g/mol. The number of carbonyl (C=O) groups excluding carboxylic acids is 1. The zero-order valence-electron chi connectivity index (χ0n) is 12.7. The number of fused-ring (bicyclic) bond motifs is 1. The van der Waals surface area contributed by atoms with E-state index in [0.29, 0.717) is 26.3 Å². The Morgan fingerprint density at radius 3 is 3.18 bits per heavy atom. The van der Waals surface area contributed by atoms with Crippen molar-refractivity contribution in [3.8, 4) is 0 Å². The van der Waals surface area contributed by atoms with Crippen molar-refractivity contribution >= 4 is 27.5 Å². The largest absolute Gasteiger partial charge is 0.375 e. The van der Waals surface area contributed by atoms with Crippen LogP contribution in [0, 0.1) is 0 Å². The lowest BCUT2D eigenvalue weighted by Gasteiger charge is -2.32. The predicted molar refractivity (Wildman–Crippen MR) is 85.9 cm³/mol. The summed E-state index contributed by atoms with van der Waals surface area (Å²) in [6.45, 7) is 4.49. The van der Waals surface area contributed by atoms with Gasteiger partial charge < -0.3 is 14.4 Å². The van der Waals surface area contributed by atoms with Gasteiger partial charge in [0.15, 0.2) is 0 Å². The molecule has 1 saturated heterocycles. The van der Waals surface area contributed by atoms with Crippen LogP contribution in [0.2, 0.25) is 0 Å². The summed E-state index contributed by atoms with van der Waals surface area (Å²) >= 11 is 1.61. The van der Waals surface area contributed by atoms with Gasteiger partial charge in [-0.15, -0.1) is 11.3 Å². The van der Waals surface area contributed by atoms with E-state index in [1.807, 2.05) is 29.2 Å². The molecule has 1 amide bonds. The Morgan fingerprint density at radius 1 is 1.50 bits per heavy atom. The van der Waals surface area contributed by atoms with Crippen LogP contribution in [0.3, 0.4) is 0 Å². The van der Waals surface area contributed by atoms with E-state index in [9.17, 15) is 4.79 Å². The number of amides is 1. The minimum absolute atomic E-state index is 0.0304. The first-order valence-electron chi connectivity index (χ1n) is 7.58. The van der Waals surface area contributed by atoms with Gasteiger partial charge in [0.05, 0.1) is 29.5 Å². The number of thiazole rings is 1. The van der Waals surface area contributed by atoms with E-state index < -0.39 is 0 Å². The molecule has 1 aromatic carbocycles. The number of benzene rings is 1. The van der Waals surface area contributed by atoms with E-state index >= 15 is 0 Å². The Morgan fingerprint density at radius 2 is 2.36 bits per heavy atom. The summed E-state index contributed by atoms with van der Waals surface area (Å²) in [5.41, 5.74) is 0.983. The summed E-state index contributed by atoms with van der Waals surface area (Å²) < 4.78 is 12.3. The molecule has 0 N–H and O–H groups in total. The molecule has 0 unspecified atom stereocenters. The van der Waals surface area contributed by atoms with E-state index in [1.165, 1.54) is 0 Å². The molecule has 0 bridgehead atoms. The molecule has 22 heavy (non-hydrogen) atoms. The van der Waals surface area contributed by atoms with Gasteiger partial charge in [0.1, 0.15) is 11.6 Å². The van der Waals surface area contributed by atoms with Crippen molar-refractivity contribution in [2.45, 2.75) is 26.1 Å². The SMILES string of the molecule is CC[C@@H]1CN(C(=O)COCc2nc3ccccc3s2)CCO1. The maximum Gasteiger partial charge on any atom is 0.248 e. The third-order valence-corrected chi connectivity index (χ3v) is 4.75. The van der Waals surface area contributed by atoms with E-state index in [0.717, 1.165) is 21.6 Å². The van der Waals surface area contributed by atoms with Crippen LogP contribution in [0.4, 0.5) is 0 Å². The molecular formula is C16H20N2O3S. The molecule has 1 atom stereocenters. The normalized spacial score (nSPS) is 18.8. The average Bonchev–Trinajstić information content (AvgIpc) is 2.97. The molecule has 0 aliphatic carbocycles. The highest BCUT2D eigenvalue weighted by Gasteiger charge is 2.22. The zero-order chi connectivity index (χ0) is 15.4. The van der Waals surface area contributed by atoms with Crippen molar-refractivity contribution < 1.29 is 14.3 Å². The Hall–Kier alpha value is -1.50. The second kappa shape index (κ2) is 7.17. The number of nitrogens with zero attached hydrogens (tertiary/aromatic N) is 2. The van der Waals surface area contributed by atoms with Gasteiger partial charge in [-0.1, -0.05) is 19.1 Å². The molecule has 1 fully saturated rings. The highest BCUT2D eigenvalue weighted by Crippen LogP contribution is 2.21. The second-order valence-corrected chi connectivity index (χ2v) is 6.42. The second-order valence-electron chi connectivity index (χ2n) is 5.31. The first kappa shape index (κ1) is 15.4. The van der Waals surface area contributed by atoms with Crippen molar-refractivity contribution in [1.29, 1.82) is 0 Å². The highest BCUT2D eigenvalue weighted by molar-refractivity contribution is 7.18. The molecule has 1 aromatic heterocycles. The molecule has 6 heteroatoms. The van der Waals surface area contributed by atoms with Gasteiger partial charge in [0, 0.05) is 13.1 Å². The first-order valence-corrected chi connectivity index (χ1v) is 8.39. The van der Waals surface area contributed by atoms with Gasteiger partial charge >= 0.3 is 0 Å². The van der Waals surface area contributed by atoms with E-state index in [4.69, 9.17) is 9.47 Å². The summed E-state index contributed by atoms with van der Waals surface area (Å²) in [6.07, 6.45) is 1.08. The number of carbonyl (C=O) groups is 1. The first-order chi connectivity index (χ1) is 10.8. The predicted octanol–water partition coefficient (Wildman–Crippen LogP) is 2.45. The van der Waals surface area contributed by atoms with E-state index in [2.05, 4.69) is 11.9 Å². The number of para-hydroxylation sites is 1. The maximum atomic E-state index is 12.2. The lowest BCUT2D eigenvalue weighted by atomic mass is 10.2. The Kier molecular flexibility index (Phi) is 5.02. The smallest absolute Gasteiger partial charge is 0.248 e. The van der Waals surface area contributed by atoms with Crippen LogP contribution in [0.1, 0.15) is 18.4 Å². The van der Waals surface area contributed by atoms with Gasteiger partial charge in [-0.05, 0) is 18.6 Å². The van der Waals surface area contributed by atoms with Gasteiger partial charge in [0.25, 0.3) is 0 Å². The Bertz CT molecular complexity index is 610.